The van der Waals surface area contributed by atoms with Crippen LogP contribution in [0.25, 0.3) is 10.8 Å². The van der Waals surface area contributed by atoms with E-state index in [1.807, 2.05) is 63.2 Å². The van der Waals surface area contributed by atoms with Gasteiger partial charge in [0.2, 0.25) is 10.0 Å². The van der Waals surface area contributed by atoms with Gasteiger partial charge in [0.1, 0.15) is 5.60 Å². The van der Waals surface area contributed by atoms with Gasteiger partial charge in [0.25, 0.3) is 0 Å². The molecule has 0 bridgehead atoms. The van der Waals surface area contributed by atoms with Gasteiger partial charge in [0.15, 0.2) is 0 Å². The molecule has 1 saturated heterocycles. The molecular weight excluding hydrogens is 388 g/mol. The Morgan fingerprint density at radius 3 is 2.45 bits per heavy atom. The Kier molecular flexibility index (Phi) is 6.49. The van der Waals surface area contributed by atoms with Crippen LogP contribution < -0.4 is 5.32 Å². The number of fused-ring (bicyclic) bond motifs is 1. The minimum atomic E-state index is -3.34. The monoisotopic (exact) mass is 418 g/mol. The largest absolute Gasteiger partial charge is 0.444 e. The maximum atomic E-state index is 12.8. The lowest BCUT2D eigenvalue weighted by Gasteiger charge is -2.32. The zero-order chi connectivity index (χ0) is 21.1. The first-order valence-electron chi connectivity index (χ1n) is 10.1. The van der Waals surface area contributed by atoms with Gasteiger partial charge in [0.05, 0.1) is 5.75 Å². The highest BCUT2D eigenvalue weighted by molar-refractivity contribution is 7.89. The van der Waals surface area contributed by atoms with Gasteiger partial charge in [-0.3, -0.25) is 0 Å². The number of nitrogens with zero attached hydrogens (tertiary/aromatic N) is 1. The summed E-state index contributed by atoms with van der Waals surface area (Å²) in [7, 11) is -3.34. The van der Waals surface area contributed by atoms with Crippen molar-refractivity contribution in [1.82, 2.24) is 9.62 Å². The lowest BCUT2D eigenvalue weighted by Crippen LogP contribution is -2.48. The topological polar surface area (TPSA) is 75.7 Å². The Morgan fingerprint density at radius 1 is 1.10 bits per heavy atom. The molecule has 0 aliphatic carbocycles. The van der Waals surface area contributed by atoms with E-state index in [1.165, 1.54) is 0 Å². The van der Waals surface area contributed by atoms with Crippen LogP contribution in [0.1, 0.15) is 39.2 Å². The molecule has 29 heavy (non-hydrogen) atoms. The van der Waals surface area contributed by atoms with Gasteiger partial charge in [-0.25, -0.2) is 17.5 Å². The van der Waals surface area contributed by atoms with Gasteiger partial charge in [-0.05, 0) is 56.4 Å². The summed E-state index contributed by atoms with van der Waals surface area (Å²) in [5.74, 6) is 0.0885. The van der Waals surface area contributed by atoms with E-state index in [0.29, 0.717) is 32.4 Å². The van der Waals surface area contributed by atoms with Crippen LogP contribution in [0.3, 0.4) is 0 Å². The summed E-state index contributed by atoms with van der Waals surface area (Å²) in [6, 6.07) is 14.0. The van der Waals surface area contributed by atoms with Gasteiger partial charge >= 0.3 is 6.09 Å². The van der Waals surface area contributed by atoms with Crippen molar-refractivity contribution >= 4 is 26.9 Å². The first kappa shape index (κ1) is 21.6. The highest BCUT2D eigenvalue weighted by Crippen LogP contribution is 2.21. The van der Waals surface area contributed by atoms with Crippen molar-refractivity contribution in [3.05, 3.63) is 48.0 Å². The Morgan fingerprint density at radius 2 is 1.76 bits per heavy atom. The summed E-state index contributed by atoms with van der Waals surface area (Å²) in [5, 5.41) is 5.07. The minimum Gasteiger partial charge on any atom is -0.444 e. The molecular formula is C22H30N2O4S. The molecule has 0 atom stereocenters. The van der Waals surface area contributed by atoms with Gasteiger partial charge in [-0.15, -0.1) is 0 Å². The lowest BCUT2D eigenvalue weighted by atomic mass is 10.0. The van der Waals surface area contributed by atoms with Crippen LogP contribution >= 0.6 is 0 Å². The first-order chi connectivity index (χ1) is 13.6. The van der Waals surface area contributed by atoms with Gasteiger partial charge < -0.3 is 10.1 Å². The van der Waals surface area contributed by atoms with E-state index in [9.17, 15) is 13.2 Å². The summed E-state index contributed by atoms with van der Waals surface area (Å²) in [6.07, 6.45) is 1.22. The van der Waals surface area contributed by atoms with E-state index in [2.05, 4.69) is 5.32 Å². The summed E-state index contributed by atoms with van der Waals surface area (Å²) in [5.41, 5.74) is 0.503. The molecule has 1 N–H and O–H groups in total. The van der Waals surface area contributed by atoms with Crippen molar-refractivity contribution in [2.24, 2.45) is 0 Å². The predicted molar refractivity (Wildman–Crippen MR) is 115 cm³/mol. The molecule has 1 aliphatic heterocycles. The zero-order valence-corrected chi connectivity index (χ0v) is 18.2. The third-order valence-corrected chi connectivity index (χ3v) is 6.95. The Hall–Kier alpha value is -2.12. The van der Waals surface area contributed by atoms with Crippen molar-refractivity contribution in [3.8, 4) is 0 Å². The van der Waals surface area contributed by atoms with E-state index in [0.717, 1.165) is 16.3 Å². The number of ether oxygens (including phenoxy) is 1. The second-order valence-corrected chi connectivity index (χ2v) is 10.6. The van der Waals surface area contributed by atoms with Gasteiger partial charge in [-0.2, -0.15) is 0 Å². The fraction of sp³-hybridized carbons (Fsp3) is 0.500. The number of rotatable bonds is 5. The smallest absolute Gasteiger partial charge is 0.407 e. The number of carbonyl (C=O) groups is 1. The van der Waals surface area contributed by atoms with Crippen LogP contribution in [0.2, 0.25) is 0 Å². The lowest BCUT2D eigenvalue weighted by molar-refractivity contribution is 0.0489. The van der Waals surface area contributed by atoms with Crippen molar-refractivity contribution < 1.29 is 17.9 Å². The quantitative estimate of drug-likeness (QED) is 0.803. The number of hydrogen-bond acceptors (Lipinski definition) is 4. The van der Waals surface area contributed by atoms with Gasteiger partial charge in [-0.1, -0.05) is 42.5 Å². The number of nitrogens with one attached hydrogen (secondary N) is 1. The molecule has 0 aromatic heterocycles. The first-order valence-corrected chi connectivity index (χ1v) is 11.7. The average molecular weight is 419 g/mol. The number of sulfonamides is 1. The van der Waals surface area contributed by atoms with Crippen LogP contribution in [0, 0.1) is 0 Å². The molecule has 158 valence electrons. The van der Waals surface area contributed by atoms with E-state index in [4.69, 9.17) is 4.74 Å². The summed E-state index contributed by atoms with van der Waals surface area (Å²) >= 11 is 0. The highest BCUT2D eigenvalue weighted by Gasteiger charge is 2.29. The van der Waals surface area contributed by atoms with E-state index >= 15 is 0 Å². The SMILES string of the molecule is CC(C)(C)OC(=O)NC1CCN(S(=O)(=O)CCc2cccc3ccccc23)CC1. The van der Waals surface area contributed by atoms with Gasteiger partial charge in [0, 0.05) is 19.1 Å². The fourth-order valence-electron chi connectivity index (χ4n) is 3.63. The zero-order valence-electron chi connectivity index (χ0n) is 17.3. The third-order valence-electron chi connectivity index (χ3n) is 5.08. The Bertz CT molecular complexity index is 953. The van der Waals surface area contributed by atoms with Crippen LogP contribution in [0.15, 0.2) is 42.5 Å². The number of aryl methyl sites for hydroxylation is 1. The summed E-state index contributed by atoms with van der Waals surface area (Å²) in [4.78, 5) is 11.9. The number of hydrogen-bond donors (Lipinski definition) is 1. The number of carbonyl (C=O) groups excluding carboxylic acids is 1. The molecule has 0 unspecified atom stereocenters. The van der Waals surface area contributed by atoms with Crippen molar-refractivity contribution in [2.45, 2.75) is 51.7 Å². The van der Waals surface area contributed by atoms with Crippen molar-refractivity contribution in [1.29, 1.82) is 0 Å². The maximum Gasteiger partial charge on any atom is 0.407 e. The van der Waals surface area contributed by atoms with E-state index < -0.39 is 21.7 Å². The minimum absolute atomic E-state index is 0.0608. The fourth-order valence-corrected chi connectivity index (χ4v) is 5.13. The summed E-state index contributed by atoms with van der Waals surface area (Å²) in [6.45, 7) is 6.28. The Balaban J connectivity index is 1.54. The Labute approximate surface area is 173 Å². The van der Waals surface area contributed by atoms with Crippen LogP contribution in [-0.4, -0.2) is 49.3 Å². The normalized spacial score (nSPS) is 16.7. The number of amides is 1. The third kappa shape index (κ3) is 5.93. The molecule has 1 heterocycles. The van der Waals surface area contributed by atoms with Crippen LogP contribution in [0.5, 0.6) is 0 Å². The molecule has 2 aromatic rings. The molecule has 3 rings (SSSR count). The number of alkyl carbamates (subject to hydrolysis) is 1. The van der Waals surface area contributed by atoms with Crippen LogP contribution in [-0.2, 0) is 21.2 Å². The molecule has 0 spiro atoms. The van der Waals surface area contributed by atoms with E-state index in [-0.39, 0.29) is 11.8 Å². The highest BCUT2D eigenvalue weighted by atomic mass is 32.2. The van der Waals surface area contributed by atoms with Crippen molar-refractivity contribution in [3.63, 3.8) is 0 Å². The number of benzene rings is 2. The second-order valence-electron chi connectivity index (χ2n) is 8.52. The molecule has 2 aromatic carbocycles. The molecule has 1 fully saturated rings. The van der Waals surface area contributed by atoms with E-state index in [1.54, 1.807) is 4.31 Å². The maximum absolute atomic E-state index is 12.8. The molecule has 0 radical (unpaired) electrons. The average Bonchev–Trinajstić information content (AvgIpc) is 2.65. The number of piperidine rings is 1. The van der Waals surface area contributed by atoms with Crippen LogP contribution in [0.4, 0.5) is 4.79 Å². The predicted octanol–water partition coefficient (Wildman–Crippen LogP) is 3.70. The standard InChI is InChI=1S/C22H30N2O4S/c1-22(2,3)28-21(25)23-19-11-14-24(15-12-19)29(26,27)16-13-18-9-6-8-17-7-4-5-10-20(17)18/h4-10,19H,11-16H2,1-3H3,(H,23,25). The molecule has 0 saturated carbocycles. The molecule has 7 heteroatoms. The molecule has 6 nitrogen and oxygen atoms in total. The van der Waals surface area contributed by atoms with Crippen molar-refractivity contribution in [2.75, 3.05) is 18.8 Å². The summed E-state index contributed by atoms with van der Waals surface area (Å²) < 4.78 is 32.5. The molecule has 1 aliphatic rings. The molecule has 1 amide bonds. The second kappa shape index (κ2) is 8.71.